The largest absolute Gasteiger partial charge is 0.480 e. The summed E-state index contributed by atoms with van der Waals surface area (Å²) < 4.78 is 0. The van der Waals surface area contributed by atoms with E-state index in [9.17, 15) is 24.6 Å². The van der Waals surface area contributed by atoms with E-state index < -0.39 is 30.1 Å². The average molecular weight is 434 g/mol. The van der Waals surface area contributed by atoms with Gasteiger partial charge in [-0.2, -0.15) is 0 Å². The summed E-state index contributed by atoms with van der Waals surface area (Å²) >= 11 is 0. The molecular formula is C21H31N5O5. The standard InChI is InChI=1S/C21H31N3O5.N2/c22-13-5-4-9-16(19(25)24-14-6-10-18(24)21(28)29)23-17(20(26)27)12-11-15-7-2-1-3-8-15;1-2/h1-3,7-8,16-18,23H,4-6,9-14,22H2,(H,26,27)(H,28,29);/t16-,17-,18-;/m0./s1. The normalized spacial score (nSPS) is 17.3. The number of unbranched alkanes of at least 4 members (excludes halogenated alkanes) is 1. The molecule has 0 unspecified atom stereocenters. The number of carboxylic acid groups (broad SMARTS) is 2. The zero-order valence-corrected chi connectivity index (χ0v) is 17.5. The van der Waals surface area contributed by atoms with Crippen molar-refractivity contribution in [2.24, 2.45) is 5.73 Å². The Morgan fingerprint density at radius 2 is 1.77 bits per heavy atom. The van der Waals surface area contributed by atoms with Crippen molar-refractivity contribution < 1.29 is 24.6 Å². The van der Waals surface area contributed by atoms with Gasteiger partial charge in [-0.15, -0.1) is 0 Å². The lowest BCUT2D eigenvalue weighted by atomic mass is 10.0. The summed E-state index contributed by atoms with van der Waals surface area (Å²) in [5, 5.41) is 34.0. The number of likely N-dealkylation sites (tertiary alicyclic amines) is 1. The van der Waals surface area contributed by atoms with Gasteiger partial charge in [0, 0.05) is 17.3 Å². The molecule has 31 heavy (non-hydrogen) atoms. The molecule has 1 aliphatic rings. The van der Waals surface area contributed by atoms with Crippen LogP contribution in [0.4, 0.5) is 0 Å². The second-order valence-corrected chi connectivity index (χ2v) is 7.45. The number of benzene rings is 1. The van der Waals surface area contributed by atoms with E-state index in [1.54, 1.807) is 0 Å². The predicted molar refractivity (Wildman–Crippen MR) is 112 cm³/mol. The van der Waals surface area contributed by atoms with Crippen LogP contribution in [0.2, 0.25) is 0 Å². The lowest BCUT2D eigenvalue weighted by Gasteiger charge is -2.29. The van der Waals surface area contributed by atoms with Crippen LogP contribution in [0.3, 0.4) is 0 Å². The van der Waals surface area contributed by atoms with E-state index in [4.69, 9.17) is 16.5 Å². The summed E-state index contributed by atoms with van der Waals surface area (Å²) in [6, 6.07) is 7.10. The number of amides is 1. The van der Waals surface area contributed by atoms with Crippen LogP contribution < -0.4 is 11.1 Å². The van der Waals surface area contributed by atoms with Crippen molar-refractivity contribution in [1.82, 2.24) is 10.2 Å². The number of rotatable bonds is 12. The van der Waals surface area contributed by atoms with Gasteiger partial charge in [0.25, 0.3) is 0 Å². The third-order valence-electron chi connectivity index (χ3n) is 5.33. The molecular weight excluding hydrogens is 402 g/mol. The third-order valence-corrected chi connectivity index (χ3v) is 5.33. The number of nitrogens with one attached hydrogen (secondary N) is 1. The minimum Gasteiger partial charge on any atom is -0.480 e. The third kappa shape index (κ3) is 8.32. The first-order chi connectivity index (χ1) is 14.9. The molecule has 0 aliphatic carbocycles. The van der Waals surface area contributed by atoms with E-state index in [2.05, 4.69) is 5.32 Å². The topological polar surface area (TPSA) is 181 Å². The highest BCUT2D eigenvalue weighted by molar-refractivity contribution is 5.88. The van der Waals surface area contributed by atoms with Gasteiger partial charge in [0.2, 0.25) is 5.91 Å². The summed E-state index contributed by atoms with van der Waals surface area (Å²) in [5.74, 6) is -2.37. The fourth-order valence-corrected chi connectivity index (χ4v) is 3.73. The van der Waals surface area contributed by atoms with E-state index in [1.165, 1.54) is 4.90 Å². The van der Waals surface area contributed by atoms with Gasteiger partial charge in [0.05, 0.1) is 6.04 Å². The van der Waals surface area contributed by atoms with Gasteiger partial charge in [-0.05, 0) is 50.6 Å². The molecule has 1 aromatic carbocycles. The average Bonchev–Trinajstić information content (AvgIpc) is 3.27. The number of carbonyl (C=O) groups excluding carboxylic acids is 1. The van der Waals surface area contributed by atoms with Gasteiger partial charge in [-0.25, -0.2) is 4.79 Å². The predicted octanol–water partition coefficient (Wildman–Crippen LogP) is 1.27. The SMILES string of the molecule is N#N.NCCCC[C@H](N[C@@H](CCc1ccccc1)C(=O)O)C(=O)N1CCC[C@H]1C(=O)O. The number of carboxylic acids is 2. The summed E-state index contributed by atoms with van der Waals surface area (Å²) in [5.41, 5.74) is 6.57. The quantitative estimate of drug-likeness (QED) is 0.279. The molecule has 0 bridgehead atoms. The molecule has 170 valence electrons. The Bertz CT molecular complexity index is 727. The number of hydrogen-bond acceptors (Lipinski definition) is 7. The zero-order valence-electron chi connectivity index (χ0n) is 17.5. The van der Waals surface area contributed by atoms with Gasteiger partial charge in [0.15, 0.2) is 0 Å². The molecule has 10 nitrogen and oxygen atoms in total. The Kier molecular flexibility index (Phi) is 11.8. The van der Waals surface area contributed by atoms with Crippen molar-refractivity contribution in [2.75, 3.05) is 13.1 Å². The van der Waals surface area contributed by atoms with E-state index >= 15 is 0 Å². The highest BCUT2D eigenvalue weighted by atomic mass is 16.4. The molecule has 1 aliphatic heterocycles. The van der Waals surface area contributed by atoms with Gasteiger partial charge >= 0.3 is 11.9 Å². The molecule has 0 aromatic heterocycles. The lowest BCUT2D eigenvalue weighted by molar-refractivity contribution is -0.149. The van der Waals surface area contributed by atoms with E-state index in [-0.39, 0.29) is 5.91 Å². The lowest BCUT2D eigenvalue weighted by Crippen LogP contribution is -2.54. The summed E-state index contributed by atoms with van der Waals surface area (Å²) in [6.07, 6.45) is 3.76. The van der Waals surface area contributed by atoms with Crippen LogP contribution in [0, 0.1) is 10.8 Å². The molecule has 1 amide bonds. The van der Waals surface area contributed by atoms with Crippen molar-refractivity contribution in [3.8, 4) is 0 Å². The van der Waals surface area contributed by atoms with E-state index in [0.29, 0.717) is 51.6 Å². The second-order valence-electron chi connectivity index (χ2n) is 7.45. The Morgan fingerprint density at radius 1 is 1.10 bits per heavy atom. The molecule has 1 fully saturated rings. The van der Waals surface area contributed by atoms with Crippen LogP contribution in [0.1, 0.15) is 44.1 Å². The summed E-state index contributed by atoms with van der Waals surface area (Å²) in [4.78, 5) is 37.7. The summed E-state index contributed by atoms with van der Waals surface area (Å²) in [6.45, 7) is 0.866. The van der Waals surface area contributed by atoms with Crippen LogP contribution >= 0.6 is 0 Å². The zero-order chi connectivity index (χ0) is 23.2. The Labute approximate surface area is 181 Å². The first-order valence-electron chi connectivity index (χ1n) is 10.4. The molecule has 5 N–H and O–H groups in total. The Morgan fingerprint density at radius 3 is 2.35 bits per heavy atom. The van der Waals surface area contributed by atoms with E-state index in [1.807, 2.05) is 30.3 Å². The van der Waals surface area contributed by atoms with Gasteiger partial charge in [-0.1, -0.05) is 36.8 Å². The minimum atomic E-state index is -1.02. The fourth-order valence-electron chi connectivity index (χ4n) is 3.73. The molecule has 3 atom stereocenters. The molecule has 2 rings (SSSR count). The number of nitrogens with two attached hydrogens (primary N) is 1. The number of aliphatic carboxylic acids is 2. The van der Waals surface area contributed by atoms with Crippen LogP contribution in [-0.2, 0) is 20.8 Å². The van der Waals surface area contributed by atoms with Gasteiger partial charge < -0.3 is 20.8 Å². The van der Waals surface area contributed by atoms with Crippen LogP contribution in [0.15, 0.2) is 30.3 Å². The number of hydrogen-bond donors (Lipinski definition) is 4. The first-order valence-corrected chi connectivity index (χ1v) is 10.4. The fraction of sp³-hybridized carbons (Fsp3) is 0.571. The second kappa shape index (κ2) is 14.1. The molecule has 1 heterocycles. The molecule has 0 radical (unpaired) electrons. The number of aryl methyl sites for hydroxylation is 1. The van der Waals surface area contributed by atoms with Crippen LogP contribution in [0.25, 0.3) is 0 Å². The van der Waals surface area contributed by atoms with Crippen molar-refractivity contribution >= 4 is 17.8 Å². The first kappa shape index (κ1) is 26.0. The summed E-state index contributed by atoms with van der Waals surface area (Å²) in [7, 11) is 0. The minimum absolute atomic E-state index is 0.335. The highest BCUT2D eigenvalue weighted by Gasteiger charge is 2.38. The van der Waals surface area contributed by atoms with Crippen molar-refractivity contribution in [1.29, 1.82) is 10.8 Å². The van der Waals surface area contributed by atoms with Crippen LogP contribution in [0.5, 0.6) is 0 Å². The molecule has 1 saturated heterocycles. The van der Waals surface area contributed by atoms with Crippen LogP contribution in [-0.4, -0.2) is 64.2 Å². The van der Waals surface area contributed by atoms with E-state index in [0.717, 1.165) is 12.0 Å². The maximum atomic E-state index is 13.1. The smallest absolute Gasteiger partial charge is 0.326 e. The van der Waals surface area contributed by atoms with Crippen molar-refractivity contribution in [3.05, 3.63) is 35.9 Å². The molecule has 0 saturated carbocycles. The molecule has 1 aromatic rings. The number of nitrogens with zero attached hydrogens (tertiary/aromatic N) is 3. The monoisotopic (exact) mass is 433 g/mol. The maximum Gasteiger partial charge on any atom is 0.326 e. The van der Waals surface area contributed by atoms with Gasteiger partial charge in [0.1, 0.15) is 12.1 Å². The highest BCUT2D eigenvalue weighted by Crippen LogP contribution is 2.20. The Balaban J connectivity index is 0.00000233. The number of carbonyl (C=O) groups is 3. The Hall–Kier alpha value is -3.03. The molecule has 0 spiro atoms. The maximum absolute atomic E-state index is 13.1. The van der Waals surface area contributed by atoms with Crippen molar-refractivity contribution in [3.63, 3.8) is 0 Å². The van der Waals surface area contributed by atoms with Gasteiger partial charge in [-0.3, -0.25) is 14.9 Å². The van der Waals surface area contributed by atoms with Crippen molar-refractivity contribution in [2.45, 2.75) is 63.1 Å². The molecule has 10 heteroatoms.